The second kappa shape index (κ2) is 7.57. The van der Waals surface area contributed by atoms with Gasteiger partial charge in [0.25, 0.3) is 5.91 Å². The first-order valence-corrected chi connectivity index (χ1v) is 6.21. The van der Waals surface area contributed by atoms with Crippen molar-refractivity contribution >= 4 is 5.91 Å². The predicted octanol–water partition coefficient (Wildman–Crippen LogP) is 0.873. The van der Waals surface area contributed by atoms with Gasteiger partial charge in [0.2, 0.25) is 0 Å². The van der Waals surface area contributed by atoms with Crippen LogP contribution in [0, 0.1) is 11.8 Å². The average molecular weight is 261 g/mol. The third kappa shape index (κ3) is 4.40. The monoisotopic (exact) mass is 261 g/mol. The lowest BCUT2D eigenvalue weighted by atomic mass is 10.1. The number of rotatable bonds is 4. The Morgan fingerprint density at radius 3 is 2.37 bits per heavy atom. The maximum absolute atomic E-state index is 12.2. The highest BCUT2D eigenvalue weighted by molar-refractivity contribution is 5.94. The Kier molecular flexibility index (Phi) is 6.07. The van der Waals surface area contributed by atoms with E-state index in [1.165, 1.54) is 0 Å². The maximum Gasteiger partial charge on any atom is 0.254 e. The summed E-state index contributed by atoms with van der Waals surface area (Å²) in [5, 5.41) is 17.6. The van der Waals surface area contributed by atoms with Gasteiger partial charge in [-0.05, 0) is 38.1 Å². The molecule has 0 unspecified atom stereocenters. The molecule has 0 saturated carbocycles. The predicted molar refractivity (Wildman–Crippen MR) is 73.7 cm³/mol. The van der Waals surface area contributed by atoms with Crippen LogP contribution in [-0.4, -0.2) is 46.8 Å². The van der Waals surface area contributed by atoms with Crippen LogP contribution in [0.1, 0.15) is 29.8 Å². The molecule has 0 radical (unpaired) electrons. The number of benzene rings is 1. The van der Waals surface area contributed by atoms with Crippen LogP contribution in [0.25, 0.3) is 0 Å². The van der Waals surface area contributed by atoms with Crippen molar-refractivity contribution in [1.82, 2.24) is 4.90 Å². The van der Waals surface area contributed by atoms with Crippen LogP contribution in [0.4, 0.5) is 0 Å². The molecule has 19 heavy (non-hydrogen) atoms. The number of hydrogen-bond donors (Lipinski definition) is 2. The zero-order chi connectivity index (χ0) is 14.3. The summed E-state index contributed by atoms with van der Waals surface area (Å²) in [5.41, 5.74) is 1.32. The SMILES string of the molecule is CC(C)N(CCO)C(=O)c1ccc(C#CCO)cc1. The van der Waals surface area contributed by atoms with E-state index in [0.29, 0.717) is 12.1 Å². The van der Waals surface area contributed by atoms with Crippen molar-refractivity contribution in [2.24, 2.45) is 0 Å². The van der Waals surface area contributed by atoms with E-state index in [2.05, 4.69) is 11.8 Å². The molecule has 0 spiro atoms. The van der Waals surface area contributed by atoms with Crippen LogP contribution in [0.15, 0.2) is 24.3 Å². The molecular weight excluding hydrogens is 242 g/mol. The van der Waals surface area contributed by atoms with Gasteiger partial charge >= 0.3 is 0 Å². The summed E-state index contributed by atoms with van der Waals surface area (Å²) in [7, 11) is 0. The molecule has 0 bridgehead atoms. The molecule has 0 heterocycles. The van der Waals surface area contributed by atoms with Crippen molar-refractivity contribution in [2.45, 2.75) is 19.9 Å². The highest BCUT2D eigenvalue weighted by Gasteiger charge is 2.17. The molecule has 0 atom stereocenters. The van der Waals surface area contributed by atoms with E-state index >= 15 is 0 Å². The van der Waals surface area contributed by atoms with Crippen LogP contribution in [0.2, 0.25) is 0 Å². The normalized spacial score (nSPS) is 9.95. The lowest BCUT2D eigenvalue weighted by Gasteiger charge is -2.26. The van der Waals surface area contributed by atoms with Crippen LogP contribution >= 0.6 is 0 Å². The summed E-state index contributed by atoms with van der Waals surface area (Å²) in [6.45, 7) is 3.91. The van der Waals surface area contributed by atoms with Gasteiger partial charge in [-0.25, -0.2) is 0 Å². The molecule has 0 fully saturated rings. The van der Waals surface area contributed by atoms with Gasteiger partial charge in [0.05, 0.1) is 6.61 Å². The second-order valence-electron chi connectivity index (χ2n) is 4.35. The first kappa shape index (κ1) is 15.2. The molecular formula is C15H19NO3. The Labute approximate surface area is 113 Å². The van der Waals surface area contributed by atoms with Gasteiger partial charge < -0.3 is 15.1 Å². The first-order chi connectivity index (χ1) is 9.10. The summed E-state index contributed by atoms with van der Waals surface area (Å²) in [6, 6.07) is 6.93. The van der Waals surface area contributed by atoms with E-state index in [-0.39, 0.29) is 25.2 Å². The van der Waals surface area contributed by atoms with Gasteiger partial charge in [-0.1, -0.05) is 11.8 Å². The molecule has 4 heteroatoms. The number of aliphatic hydroxyl groups excluding tert-OH is 2. The number of carbonyl (C=O) groups excluding carboxylic acids is 1. The van der Waals surface area contributed by atoms with E-state index in [1.807, 2.05) is 13.8 Å². The third-order valence-electron chi connectivity index (χ3n) is 2.67. The second-order valence-corrected chi connectivity index (χ2v) is 4.35. The van der Waals surface area contributed by atoms with E-state index in [0.717, 1.165) is 5.56 Å². The molecule has 1 rings (SSSR count). The fraction of sp³-hybridized carbons (Fsp3) is 0.400. The van der Waals surface area contributed by atoms with Crippen LogP contribution in [-0.2, 0) is 0 Å². The minimum absolute atomic E-state index is 0.0357. The van der Waals surface area contributed by atoms with Gasteiger partial charge in [0.15, 0.2) is 0 Å². The fourth-order valence-electron chi connectivity index (χ4n) is 1.71. The van der Waals surface area contributed by atoms with E-state index < -0.39 is 0 Å². The molecule has 0 aliphatic rings. The lowest BCUT2D eigenvalue weighted by Crippen LogP contribution is -2.38. The number of hydrogen-bond acceptors (Lipinski definition) is 3. The summed E-state index contributed by atoms with van der Waals surface area (Å²) < 4.78 is 0. The van der Waals surface area contributed by atoms with Crippen molar-refractivity contribution < 1.29 is 15.0 Å². The van der Waals surface area contributed by atoms with Crippen LogP contribution in [0.3, 0.4) is 0 Å². The molecule has 0 aliphatic carbocycles. The maximum atomic E-state index is 12.2. The smallest absolute Gasteiger partial charge is 0.254 e. The zero-order valence-electron chi connectivity index (χ0n) is 11.3. The summed E-state index contributed by atoms with van der Waals surface area (Å²) >= 11 is 0. The summed E-state index contributed by atoms with van der Waals surface area (Å²) in [5.74, 6) is 5.22. The van der Waals surface area contributed by atoms with E-state index in [9.17, 15) is 4.79 Å². The molecule has 102 valence electrons. The Balaban J connectivity index is 2.87. The quantitative estimate of drug-likeness (QED) is 0.791. The van der Waals surface area contributed by atoms with Crippen molar-refractivity contribution in [3.63, 3.8) is 0 Å². The minimum atomic E-state index is -0.182. The largest absolute Gasteiger partial charge is 0.395 e. The van der Waals surface area contributed by atoms with E-state index in [1.54, 1.807) is 29.2 Å². The molecule has 1 aromatic rings. The number of aliphatic hydroxyl groups is 2. The summed E-state index contributed by atoms with van der Waals surface area (Å²) in [4.78, 5) is 13.9. The van der Waals surface area contributed by atoms with Crippen molar-refractivity contribution in [3.8, 4) is 11.8 Å². The van der Waals surface area contributed by atoms with Gasteiger partial charge in [-0.15, -0.1) is 0 Å². The molecule has 0 aromatic heterocycles. The van der Waals surface area contributed by atoms with Crippen LogP contribution in [0.5, 0.6) is 0 Å². The highest BCUT2D eigenvalue weighted by atomic mass is 16.3. The molecule has 1 amide bonds. The van der Waals surface area contributed by atoms with Gasteiger partial charge in [0, 0.05) is 23.7 Å². The Bertz CT molecular complexity index is 468. The fourth-order valence-corrected chi connectivity index (χ4v) is 1.71. The van der Waals surface area contributed by atoms with Gasteiger partial charge in [-0.2, -0.15) is 0 Å². The third-order valence-corrected chi connectivity index (χ3v) is 2.67. The van der Waals surface area contributed by atoms with Crippen LogP contribution < -0.4 is 0 Å². The number of carbonyl (C=O) groups is 1. The first-order valence-electron chi connectivity index (χ1n) is 6.21. The molecule has 4 nitrogen and oxygen atoms in total. The molecule has 0 aliphatic heterocycles. The minimum Gasteiger partial charge on any atom is -0.395 e. The van der Waals surface area contributed by atoms with E-state index in [4.69, 9.17) is 10.2 Å². The van der Waals surface area contributed by atoms with Crippen molar-refractivity contribution in [2.75, 3.05) is 19.8 Å². The highest BCUT2D eigenvalue weighted by Crippen LogP contribution is 2.09. The Hall–Kier alpha value is -1.83. The topological polar surface area (TPSA) is 60.8 Å². The van der Waals surface area contributed by atoms with Crippen molar-refractivity contribution in [1.29, 1.82) is 0 Å². The van der Waals surface area contributed by atoms with Gasteiger partial charge in [-0.3, -0.25) is 4.79 Å². The molecule has 0 saturated heterocycles. The molecule has 1 aromatic carbocycles. The summed E-state index contributed by atoms with van der Waals surface area (Å²) in [6.07, 6.45) is 0. The average Bonchev–Trinajstić information content (AvgIpc) is 2.42. The Morgan fingerprint density at radius 1 is 1.26 bits per heavy atom. The zero-order valence-corrected chi connectivity index (χ0v) is 11.3. The Morgan fingerprint density at radius 2 is 1.89 bits per heavy atom. The number of nitrogens with zero attached hydrogens (tertiary/aromatic N) is 1. The molecule has 2 N–H and O–H groups in total. The van der Waals surface area contributed by atoms with Crippen molar-refractivity contribution in [3.05, 3.63) is 35.4 Å². The van der Waals surface area contributed by atoms with Gasteiger partial charge in [0.1, 0.15) is 6.61 Å². The standard InChI is InChI=1S/C15H19NO3/c1-12(2)16(9-11-18)15(19)14-7-5-13(6-8-14)4-3-10-17/h5-8,12,17-18H,9-11H2,1-2H3. The number of amides is 1. The lowest BCUT2D eigenvalue weighted by molar-refractivity contribution is 0.0665.